The SMILES string of the molecule is CC1CC(C(=O)NCCC2CCCO2)(C(N)=S)C1. The molecule has 2 aliphatic rings. The van der Waals surface area contributed by atoms with Gasteiger partial charge in [-0.15, -0.1) is 0 Å². The van der Waals surface area contributed by atoms with Gasteiger partial charge in [-0.2, -0.15) is 0 Å². The maximum absolute atomic E-state index is 12.2. The van der Waals surface area contributed by atoms with E-state index in [9.17, 15) is 4.79 Å². The van der Waals surface area contributed by atoms with Crippen LogP contribution in [0.15, 0.2) is 0 Å². The Kier molecular flexibility index (Phi) is 4.22. The van der Waals surface area contributed by atoms with Crippen LogP contribution in [-0.2, 0) is 9.53 Å². The summed E-state index contributed by atoms with van der Waals surface area (Å²) in [5.41, 5.74) is 5.16. The molecule has 0 radical (unpaired) electrons. The number of amides is 1. The highest BCUT2D eigenvalue weighted by molar-refractivity contribution is 7.80. The van der Waals surface area contributed by atoms with E-state index >= 15 is 0 Å². The van der Waals surface area contributed by atoms with Crippen molar-refractivity contribution in [1.82, 2.24) is 5.32 Å². The van der Waals surface area contributed by atoms with Gasteiger partial charge in [0, 0.05) is 13.2 Å². The van der Waals surface area contributed by atoms with E-state index < -0.39 is 5.41 Å². The fraction of sp³-hybridized carbons (Fsp3) is 0.846. The molecule has 1 saturated heterocycles. The minimum Gasteiger partial charge on any atom is -0.392 e. The monoisotopic (exact) mass is 270 g/mol. The van der Waals surface area contributed by atoms with Gasteiger partial charge in [0.25, 0.3) is 0 Å². The number of hydrogen-bond donors (Lipinski definition) is 2. The number of thiocarbonyl (C=S) groups is 1. The second kappa shape index (κ2) is 5.53. The molecule has 0 bridgehead atoms. The Bertz CT molecular complexity index is 334. The van der Waals surface area contributed by atoms with E-state index in [4.69, 9.17) is 22.7 Å². The number of nitrogens with two attached hydrogens (primary N) is 1. The molecule has 5 heteroatoms. The summed E-state index contributed by atoms with van der Waals surface area (Å²) in [5.74, 6) is 0.543. The van der Waals surface area contributed by atoms with Gasteiger partial charge in [-0.25, -0.2) is 0 Å². The lowest BCUT2D eigenvalue weighted by atomic mass is 9.62. The number of nitrogens with one attached hydrogen (secondary N) is 1. The molecule has 1 atom stereocenters. The number of rotatable bonds is 5. The number of hydrogen-bond acceptors (Lipinski definition) is 3. The van der Waals surface area contributed by atoms with Crippen LogP contribution >= 0.6 is 12.2 Å². The van der Waals surface area contributed by atoms with E-state index in [2.05, 4.69) is 12.2 Å². The molecule has 0 spiro atoms. The zero-order valence-corrected chi connectivity index (χ0v) is 11.7. The molecular formula is C13H22N2O2S. The molecule has 0 aromatic rings. The average Bonchev–Trinajstić information content (AvgIpc) is 2.76. The van der Waals surface area contributed by atoms with Gasteiger partial charge in [-0.3, -0.25) is 4.79 Å². The van der Waals surface area contributed by atoms with E-state index in [1.54, 1.807) is 0 Å². The zero-order chi connectivity index (χ0) is 13.2. The molecule has 0 aromatic carbocycles. The molecule has 102 valence electrons. The summed E-state index contributed by atoms with van der Waals surface area (Å²) >= 11 is 5.06. The van der Waals surface area contributed by atoms with Crippen molar-refractivity contribution >= 4 is 23.1 Å². The minimum atomic E-state index is -0.578. The summed E-state index contributed by atoms with van der Waals surface area (Å²) < 4.78 is 5.52. The molecule has 18 heavy (non-hydrogen) atoms. The van der Waals surface area contributed by atoms with Crippen molar-refractivity contribution in [3.63, 3.8) is 0 Å². The summed E-state index contributed by atoms with van der Waals surface area (Å²) in [4.78, 5) is 12.5. The van der Waals surface area contributed by atoms with Crippen molar-refractivity contribution in [2.45, 2.75) is 45.1 Å². The first kappa shape index (κ1) is 13.7. The molecule has 4 nitrogen and oxygen atoms in total. The van der Waals surface area contributed by atoms with Crippen molar-refractivity contribution in [3.8, 4) is 0 Å². The van der Waals surface area contributed by atoms with Gasteiger partial charge in [-0.05, 0) is 38.0 Å². The first-order chi connectivity index (χ1) is 8.54. The van der Waals surface area contributed by atoms with Gasteiger partial charge in [0.1, 0.15) is 0 Å². The number of ether oxygens (including phenoxy) is 1. The third kappa shape index (κ3) is 2.67. The van der Waals surface area contributed by atoms with Crippen LogP contribution in [0.3, 0.4) is 0 Å². The van der Waals surface area contributed by atoms with Crippen LogP contribution in [0, 0.1) is 11.3 Å². The maximum atomic E-state index is 12.2. The van der Waals surface area contributed by atoms with Crippen molar-refractivity contribution in [1.29, 1.82) is 0 Å². The lowest BCUT2D eigenvalue weighted by Gasteiger charge is -2.44. The van der Waals surface area contributed by atoms with Gasteiger partial charge < -0.3 is 15.8 Å². The number of carbonyl (C=O) groups excluding carboxylic acids is 1. The van der Waals surface area contributed by atoms with Gasteiger partial charge in [-0.1, -0.05) is 19.1 Å². The molecule has 2 fully saturated rings. The highest BCUT2D eigenvalue weighted by Crippen LogP contribution is 2.45. The predicted octanol–water partition coefficient (Wildman–Crippen LogP) is 1.37. The predicted molar refractivity (Wildman–Crippen MR) is 74.2 cm³/mol. The molecule has 1 unspecified atom stereocenters. The molecule has 1 amide bonds. The largest absolute Gasteiger partial charge is 0.392 e. The second-order valence-corrected chi connectivity index (χ2v) is 6.08. The smallest absolute Gasteiger partial charge is 0.233 e. The van der Waals surface area contributed by atoms with Crippen LogP contribution in [0.2, 0.25) is 0 Å². The Morgan fingerprint density at radius 1 is 1.56 bits per heavy atom. The van der Waals surface area contributed by atoms with E-state index in [1.807, 2.05) is 0 Å². The van der Waals surface area contributed by atoms with E-state index in [1.165, 1.54) is 0 Å². The molecule has 0 aromatic heterocycles. The Balaban J connectivity index is 1.77. The fourth-order valence-electron chi connectivity index (χ4n) is 3.02. The minimum absolute atomic E-state index is 0.00565. The van der Waals surface area contributed by atoms with Crippen molar-refractivity contribution in [3.05, 3.63) is 0 Å². The molecular weight excluding hydrogens is 248 g/mol. The topological polar surface area (TPSA) is 64.3 Å². The first-order valence-electron chi connectivity index (χ1n) is 6.74. The lowest BCUT2D eigenvalue weighted by molar-refractivity contribution is -0.132. The summed E-state index contributed by atoms with van der Waals surface area (Å²) in [6.07, 6.45) is 5.00. The quantitative estimate of drug-likeness (QED) is 0.741. The van der Waals surface area contributed by atoms with Crippen LogP contribution in [0.25, 0.3) is 0 Å². The van der Waals surface area contributed by atoms with E-state index in [0.717, 1.165) is 38.7 Å². The highest BCUT2D eigenvalue weighted by atomic mass is 32.1. The molecule has 1 aliphatic carbocycles. The van der Waals surface area contributed by atoms with Crippen LogP contribution in [-0.4, -0.2) is 30.2 Å². The highest BCUT2D eigenvalue weighted by Gasteiger charge is 2.50. The van der Waals surface area contributed by atoms with Crippen LogP contribution in [0.1, 0.15) is 39.0 Å². The van der Waals surface area contributed by atoms with Gasteiger partial charge in [0.05, 0.1) is 16.5 Å². The van der Waals surface area contributed by atoms with Gasteiger partial charge in [0.15, 0.2) is 0 Å². The summed E-state index contributed by atoms with van der Waals surface area (Å²) in [5, 5.41) is 2.97. The lowest BCUT2D eigenvalue weighted by Crippen LogP contribution is -2.56. The van der Waals surface area contributed by atoms with Crippen LogP contribution < -0.4 is 11.1 Å². The third-order valence-electron chi connectivity index (χ3n) is 4.08. The third-order valence-corrected chi connectivity index (χ3v) is 4.47. The summed E-state index contributed by atoms with van der Waals surface area (Å²) in [6.45, 7) is 3.63. The molecule has 1 heterocycles. The Morgan fingerprint density at radius 3 is 2.78 bits per heavy atom. The van der Waals surface area contributed by atoms with Crippen LogP contribution in [0.5, 0.6) is 0 Å². The van der Waals surface area contributed by atoms with E-state index in [-0.39, 0.29) is 5.91 Å². The fourth-order valence-corrected chi connectivity index (χ4v) is 3.28. The summed E-state index contributed by atoms with van der Waals surface area (Å²) in [7, 11) is 0. The number of carbonyl (C=O) groups is 1. The van der Waals surface area contributed by atoms with Crippen molar-refractivity contribution in [2.75, 3.05) is 13.2 Å². The zero-order valence-electron chi connectivity index (χ0n) is 10.9. The Morgan fingerprint density at radius 2 is 2.28 bits per heavy atom. The van der Waals surface area contributed by atoms with Crippen molar-refractivity contribution in [2.24, 2.45) is 17.1 Å². The standard InChI is InChI=1S/C13H22N2O2S/c1-9-7-13(8-9,11(14)18)12(16)15-5-4-10-3-2-6-17-10/h9-10H,2-8H2,1H3,(H2,14,18)(H,15,16). The van der Waals surface area contributed by atoms with Gasteiger partial charge in [0.2, 0.25) is 5.91 Å². The molecule has 2 rings (SSSR count). The van der Waals surface area contributed by atoms with Crippen LogP contribution in [0.4, 0.5) is 0 Å². The van der Waals surface area contributed by atoms with E-state index in [0.29, 0.717) is 23.6 Å². The maximum Gasteiger partial charge on any atom is 0.233 e. The molecule has 1 saturated carbocycles. The van der Waals surface area contributed by atoms with Gasteiger partial charge >= 0.3 is 0 Å². The Labute approximate surface area is 114 Å². The second-order valence-electron chi connectivity index (χ2n) is 5.64. The Hall–Kier alpha value is -0.680. The normalized spacial score (nSPS) is 34.9. The summed E-state index contributed by atoms with van der Waals surface area (Å²) in [6, 6.07) is 0. The van der Waals surface area contributed by atoms with Crippen molar-refractivity contribution < 1.29 is 9.53 Å². The first-order valence-corrected chi connectivity index (χ1v) is 7.15. The molecule has 1 aliphatic heterocycles. The molecule has 3 N–H and O–H groups in total. The average molecular weight is 270 g/mol.